The Kier molecular flexibility index (Phi) is 6.99. The average Bonchev–Trinajstić information content (AvgIpc) is 2.45. The van der Waals surface area contributed by atoms with Crippen LogP contribution < -0.4 is 5.32 Å². The number of amides is 2. The first kappa shape index (κ1) is 17.0. The number of aliphatic hydroxyl groups excluding tert-OH is 1. The number of hydrogen-bond acceptors (Lipinski definition) is 3. The summed E-state index contributed by atoms with van der Waals surface area (Å²) in [7, 11) is 0. The number of likely N-dealkylation sites (tertiary alicyclic amines) is 1. The molecule has 116 valence electrons. The molecule has 0 bridgehead atoms. The summed E-state index contributed by atoms with van der Waals surface area (Å²) in [4.78, 5) is 26.0. The summed E-state index contributed by atoms with van der Waals surface area (Å²) in [6.45, 7) is 7.44. The molecule has 3 atom stereocenters. The molecule has 0 radical (unpaired) electrons. The van der Waals surface area contributed by atoms with Gasteiger partial charge in [-0.15, -0.1) is 0 Å². The molecule has 1 rings (SSSR count). The van der Waals surface area contributed by atoms with Gasteiger partial charge in [-0.1, -0.05) is 13.8 Å². The summed E-state index contributed by atoms with van der Waals surface area (Å²) in [6, 6.07) is 0. The van der Waals surface area contributed by atoms with Gasteiger partial charge in [0.15, 0.2) is 0 Å². The molecule has 0 saturated carbocycles. The number of nitrogens with one attached hydrogen (secondary N) is 1. The van der Waals surface area contributed by atoms with Crippen LogP contribution in [0.5, 0.6) is 0 Å². The topological polar surface area (TPSA) is 69.6 Å². The normalized spacial score (nSPS) is 22.2. The van der Waals surface area contributed by atoms with Crippen molar-refractivity contribution in [3.05, 3.63) is 0 Å². The molecular weight excluding hydrogens is 256 g/mol. The Morgan fingerprint density at radius 3 is 2.70 bits per heavy atom. The summed E-state index contributed by atoms with van der Waals surface area (Å²) in [5.74, 6) is 0.0964. The van der Waals surface area contributed by atoms with Crippen LogP contribution in [0.2, 0.25) is 0 Å². The van der Waals surface area contributed by atoms with Crippen molar-refractivity contribution in [1.29, 1.82) is 0 Å². The van der Waals surface area contributed by atoms with E-state index in [-0.39, 0.29) is 23.7 Å². The highest BCUT2D eigenvalue weighted by Gasteiger charge is 2.29. The zero-order chi connectivity index (χ0) is 15.1. The lowest BCUT2D eigenvalue weighted by Gasteiger charge is -2.33. The van der Waals surface area contributed by atoms with Crippen LogP contribution >= 0.6 is 0 Å². The highest BCUT2D eigenvalue weighted by atomic mass is 16.3. The minimum absolute atomic E-state index is 0.00676. The van der Waals surface area contributed by atoms with E-state index in [0.29, 0.717) is 19.5 Å². The molecule has 2 N–H and O–H groups in total. The first-order chi connectivity index (χ1) is 9.45. The van der Waals surface area contributed by atoms with E-state index >= 15 is 0 Å². The third-order valence-electron chi connectivity index (χ3n) is 4.00. The van der Waals surface area contributed by atoms with Crippen molar-refractivity contribution in [3.63, 3.8) is 0 Å². The van der Waals surface area contributed by atoms with Gasteiger partial charge in [0, 0.05) is 25.6 Å². The molecule has 20 heavy (non-hydrogen) atoms. The van der Waals surface area contributed by atoms with Crippen molar-refractivity contribution in [3.8, 4) is 0 Å². The van der Waals surface area contributed by atoms with Crippen LogP contribution in [0.1, 0.15) is 46.5 Å². The molecule has 2 amide bonds. The maximum absolute atomic E-state index is 12.2. The molecule has 5 nitrogen and oxygen atoms in total. The van der Waals surface area contributed by atoms with Crippen molar-refractivity contribution in [2.45, 2.75) is 52.6 Å². The van der Waals surface area contributed by atoms with E-state index < -0.39 is 6.10 Å². The highest BCUT2D eigenvalue weighted by molar-refractivity contribution is 5.82. The SMILES string of the molecule is CCC(C)C(=O)N1CCCC(C(=O)NCCC(C)O)C1. The molecule has 0 aromatic carbocycles. The van der Waals surface area contributed by atoms with Crippen LogP contribution in [0.15, 0.2) is 0 Å². The molecule has 1 aliphatic rings. The second-order valence-electron chi connectivity index (χ2n) is 5.86. The van der Waals surface area contributed by atoms with Gasteiger partial charge in [-0.05, 0) is 32.6 Å². The van der Waals surface area contributed by atoms with Gasteiger partial charge in [-0.2, -0.15) is 0 Å². The zero-order valence-corrected chi connectivity index (χ0v) is 12.9. The van der Waals surface area contributed by atoms with Gasteiger partial charge < -0.3 is 15.3 Å². The molecule has 3 unspecified atom stereocenters. The molecule has 1 heterocycles. The Morgan fingerprint density at radius 2 is 2.10 bits per heavy atom. The Morgan fingerprint density at radius 1 is 1.40 bits per heavy atom. The van der Waals surface area contributed by atoms with Gasteiger partial charge in [0.1, 0.15) is 0 Å². The van der Waals surface area contributed by atoms with Gasteiger partial charge in [-0.25, -0.2) is 0 Å². The van der Waals surface area contributed by atoms with Crippen LogP contribution in [-0.2, 0) is 9.59 Å². The van der Waals surface area contributed by atoms with E-state index in [0.717, 1.165) is 25.8 Å². The quantitative estimate of drug-likeness (QED) is 0.769. The Balaban J connectivity index is 2.43. The lowest BCUT2D eigenvalue weighted by Crippen LogP contribution is -2.47. The molecule has 1 saturated heterocycles. The van der Waals surface area contributed by atoms with Crippen molar-refractivity contribution in [2.24, 2.45) is 11.8 Å². The summed E-state index contributed by atoms with van der Waals surface area (Å²) >= 11 is 0. The minimum atomic E-state index is -0.398. The first-order valence-corrected chi connectivity index (χ1v) is 7.70. The van der Waals surface area contributed by atoms with Gasteiger partial charge in [-0.3, -0.25) is 9.59 Å². The fraction of sp³-hybridized carbons (Fsp3) is 0.867. The average molecular weight is 284 g/mol. The fourth-order valence-electron chi connectivity index (χ4n) is 2.43. The number of piperidine rings is 1. The molecule has 1 fully saturated rings. The largest absolute Gasteiger partial charge is 0.393 e. The summed E-state index contributed by atoms with van der Waals surface area (Å²) < 4.78 is 0. The molecule has 0 aliphatic carbocycles. The van der Waals surface area contributed by atoms with Crippen molar-refractivity contribution in [2.75, 3.05) is 19.6 Å². The number of rotatable bonds is 6. The Labute approximate surface area is 121 Å². The van der Waals surface area contributed by atoms with Crippen LogP contribution in [0.4, 0.5) is 0 Å². The third-order valence-corrected chi connectivity index (χ3v) is 4.00. The number of nitrogens with zero attached hydrogens (tertiary/aromatic N) is 1. The molecule has 0 spiro atoms. The van der Waals surface area contributed by atoms with E-state index in [1.165, 1.54) is 0 Å². The number of aliphatic hydroxyl groups is 1. The lowest BCUT2D eigenvalue weighted by molar-refractivity contribution is -0.138. The van der Waals surface area contributed by atoms with Gasteiger partial charge in [0.2, 0.25) is 11.8 Å². The highest BCUT2D eigenvalue weighted by Crippen LogP contribution is 2.19. The molecular formula is C15H28N2O3. The van der Waals surface area contributed by atoms with E-state index in [2.05, 4.69) is 5.32 Å². The number of carbonyl (C=O) groups excluding carboxylic acids is 2. The summed E-state index contributed by atoms with van der Waals surface area (Å²) in [5.41, 5.74) is 0. The van der Waals surface area contributed by atoms with E-state index in [1.54, 1.807) is 6.92 Å². The lowest BCUT2D eigenvalue weighted by atomic mass is 9.95. The fourth-order valence-corrected chi connectivity index (χ4v) is 2.43. The maximum atomic E-state index is 12.2. The third kappa shape index (κ3) is 5.12. The standard InChI is InChI=1S/C15H28N2O3/c1-4-11(2)15(20)17-9-5-6-13(10-17)14(19)16-8-7-12(3)18/h11-13,18H,4-10H2,1-3H3,(H,16,19). The Bertz CT molecular complexity index is 331. The molecule has 5 heteroatoms. The van der Waals surface area contributed by atoms with Gasteiger partial charge in [0.25, 0.3) is 0 Å². The monoisotopic (exact) mass is 284 g/mol. The van der Waals surface area contributed by atoms with Crippen molar-refractivity contribution < 1.29 is 14.7 Å². The molecule has 0 aromatic rings. The van der Waals surface area contributed by atoms with Crippen LogP contribution in [0.25, 0.3) is 0 Å². The first-order valence-electron chi connectivity index (χ1n) is 7.70. The van der Waals surface area contributed by atoms with Crippen molar-refractivity contribution >= 4 is 11.8 Å². The second kappa shape index (κ2) is 8.25. The van der Waals surface area contributed by atoms with E-state index in [1.807, 2.05) is 18.7 Å². The van der Waals surface area contributed by atoms with E-state index in [9.17, 15) is 14.7 Å². The number of hydrogen-bond donors (Lipinski definition) is 2. The number of carbonyl (C=O) groups is 2. The Hall–Kier alpha value is -1.10. The van der Waals surface area contributed by atoms with Crippen LogP contribution in [-0.4, -0.2) is 47.6 Å². The van der Waals surface area contributed by atoms with E-state index in [4.69, 9.17) is 0 Å². The molecule has 1 aliphatic heterocycles. The van der Waals surface area contributed by atoms with Gasteiger partial charge >= 0.3 is 0 Å². The smallest absolute Gasteiger partial charge is 0.225 e. The minimum Gasteiger partial charge on any atom is -0.393 e. The maximum Gasteiger partial charge on any atom is 0.225 e. The summed E-state index contributed by atoms with van der Waals surface area (Å²) in [5, 5.41) is 12.0. The second-order valence-corrected chi connectivity index (χ2v) is 5.86. The predicted molar refractivity (Wildman–Crippen MR) is 78.1 cm³/mol. The van der Waals surface area contributed by atoms with Crippen LogP contribution in [0, 0.1) is 11.8 Å². The summed E-state index contributed by atoms with van der Waals surface area (Å²) in [6.07, 6.45) is 2.72. The molecule has 0 aromatic heterocycles. The van der Waals surface area contributed by atoms with Crippen molar-refractivity contribution in [1.82, 2.24) is 10.2 Å². The van der Waals surface area contributed by atoms with Gasteiger partial charge in [0.05, 0.1) is 12.0 Å². The predicted octanol–water partition coefficient (Wildman–Crippen LogP) is 1.16. The van der Waals surface area contributed by atoms with Crippen LogP contribution in [0.3, 0.4) is 0 Å². The zero-order valence-electron chi connectivity index (χ0n) is 12.9.